The molecular formula is C18H23N5O. The van der Waals surface area contributed by atoms with Gasteiger partial charge in [0.2, 0.25) is 5.95 Å². The molecule has 1 unspecified atom stereocenters. The van der Waals surface area contributed by atoms with Crippen molar-refractivity contribution in [3.63, 3.8) is 0 Å². The van der Waals surface area contributed by atoms with Crippen LogP contribution in [0.15, 0.2) is 30.3 Å². The van der Waals surface area contributed by atoms with Crippen molar-refractivity contribution in [2.24, 2.45) is 0 Å². The summed E-state index contributed by atoms with van der Waals surface area (Å²) in [6, 6.07) is 9.94. The van der Waals surface area contributed by atoms with Crippen LogP contribution in [0.4, 0.5) is 11.8 Å². The Kier molecular flexibility index (Phi) is 4.76. The lowest BCUT2D eigenvalue weighted by molar-refractivity contribution is 0.0988. The Balaban J connectivity index is 1.93. The van der Waals surface area contributed by atoms with E-state index in [2.05, 4.69) is 20.2 Å². The van der Waals surface area contributed by atoms with Gasteiger partial charge in [-0.05, 0) is 19.5 Å². The van der Waals surface area contributed by atoms with Crippen molar-refractivity contribution in [3.05, 3.63) is 35.9 Å². The zero-order valence-corrected chi connectivity index (χ0v) is 14.1. The minimum Gasteiger partial charge on any atom is -0.368 e. The van der Waals surface area contributed by atoms with Crippen LogP contribution in [0.2, 0.25) is 0 Å². The zero-order valence-electron chi connectivity index (χ0n) is 14.1. The van der Waals surface area contributed by atoms with Crippen molar-refractivity contribution in [1.82, 2.24) is 15.3 Å². The second-order valence-electron chi connectivity index (χ2n) is 6.05. The van der Waals surface area contributed by atoms with E-state index in [-0.39, 0.29) is 11.7 Å². The second kappa shape index (κ2) is 6.97. The number of ketones is 1. The van der Waals surface area contributed by atoms with Gasteiger partial charge in [-0.2, -0.15) is 4.98 Å². The third-order valence-electron chi connectivity index (χ3n) is 4.45. The molecule has 2 aromatic rings. The summed E-state index contributed by atoms with van der Waals surface area (Å²) in [5.74, 6) is 1.21. The van der Waals surface area contributed by atoms with Crippen LogP contribution in [0.25, 0.3) is 11.3 Å². The van der Waals surface area contributed by atoms with Crippen molar-refractivity contribution in [3.8, 4) is 11.3 Å². The van der Waals surface area contributed by atoms with Gasteiger partial charge in [-0.25, -0.2) is 4.98 Å². The van der Waals surface area contributed by atoms with E-state index in [1.807, 2.05) is 44.3 Å². The molecule has 1 atom stereocenters. The minimum atomic E-state index is 0.121. The van der Waals surface area contributed by atoms with E-state index < -0.39 is 0 Å². The van der Waals surface area contributed by atoms with Gasteiger partial charge in [0.1, 0.15) is 5.82 Å². The monoisotopic (exact) mass is 325 g/mol. The van der Waals surface area contributed by atoms with Gasteiger partial charge in [-0.1, -0.05) is 25.1 Å². The van der Waals surface area contributed by atoms with Gasteiger partial charge in [0.15, 0.2) is 5.78 Å². The molecule has 2 heterocycles. The van der Waals surface area contributed by atoms with E-state index in [0.717, 1.165) is 36.6 Å². The Bertz CT molecular complexity index is 746. The third kappa shape index (κ3) is 3.38. The minimum absolute atomic E-state index is 0.121. The largest absolute Gasteiger partial charge is 0.368 e. The zero-order chi connectivity index (χ0) is 17.1. The van der Waals surface area contributed by atoms with E-state index in [9.17, 15) is 4.79 Å². The fraction of sp³-hybridized carbons (Fsp3) is 0.389. The molecular weight excluding hydrogens is 302 g/mol. The Morgan fingerprint density at radius 1 is 1.38 bits per heavy atom. The first-order valence-electron chi connectivity index (χ1n) is 8.31. The lowest BCUT2D eigenvalue weighted by atomic mass is 10.0. The van der Waals surface area contributed by atoms with Crippen molar-refractivity contribution < 1.29 is 4.79 Å². The van der Waals surface area contributed by atoms with E-state index in [4.69, 9.17) is 5.73 Å². The molecule has 0 bridgehead atoms. The Labute approximate surface area is 142 Å². The summed E-state index contributed by atoms with van der Waals surface area (Å²) in [7, 11) is 1.98. The fourth-order valence-electron chi connectivity index (χ4n) is 3.02. The average Bonchev–Trinajstić information content (AvgIpc) is 3.10. The first kappa shape index (κ1) is 16.4. The number of anilines is 2. The maximum absolute atomic E-state index is 11.9. The molecule has 1 aromatic carbocycles. The molecule has 1 saturated heterocycles. The molecule has 6 nitrogen and oxygen atoms in total. The number of nitrogens with two attached hydrogens (primary N) is 1. The van der Waals surface area contributed by atoms with Gasteiger partial charge in [0, 0.05) is 42.7 Å². The smallest absolute Gasteiger partial charge is 0.222 e. The fourth-order valence-corrected chi connectivity index (χ4v) is 3.02. The summed E-state index contributed by atoms with van der Waals surface area (Å²) in [4.78, 5) is 22.9. The van der Waals surface area contributed by atoms with Crippen LogP contribution in [-0.2, 0) is 0 Å². The Morgan fingerprint density at radius 2 is 2.21 bits per heavy atom. The summed E-state index contributed by atoms with van der Waals surface area (Å²) in [6.07, 6.45) is 1.57. The van der Waals surface area contributed by atoms with E-state index in [0.29, 0.717) is 18.0 Å². The van der Waals surface area contributed by atoms with Crippen molar-refractivity contribution in [2.45, 2.75) is 25.8 Å². The number of likely N-dealkylation sites (N-methyl/N-ethyl adjacent to an activating group) is 1. The summed E-state index contributed by atoms with van der Waals surface area (Å²) in [5.41, 5.74) is 8.25. The molecule has 24 heavy (non-hydrogen) atoms. The maximum Gasteiger partial charge on any atom is 0.222 e. The molecule has 0 spiro atoms. The Hall–Kier alpha value is -2.47. The summed E-state index contributed by atoms with van der Waals surface area (Å²) >= 11 is 0. The average molecular weight is 325 g/mol. The highest BCUT2D eigenvalue weighted by atomic mass is 16.1. The maximum atomic E-state index is 11.9. The quantitative estimate of drug-likeness (QED) is 0.819. The molecule has 3 N–H and O–H groups in total. The molecule has 1 aromatic heterocycles. The molecule has 0 aliphatic carbocycles. The molecule has 1 fully saturated rings. The molecule has 0 amide bonds. The van der Waals surface area contributed by atoms with Gasteiger partial charge >= 0.3 is 0 Å². The number of benzene rings is 1. The summed E-state index contributed by atoms with van der Waals surface area (Å²) in [5, 5.41) is 3.30. The normalized spacial score (nSPS) is 17.2. The lowest BCUT2D eigenvalue weighted by Crippen LogP contribution is -2.30. The molecule has 3 rings (SSSR count). The SMILES string of the molecule is CCC(=O)c1cccc(-c2cc(N3CCC(NC)C3)nc(N)n2)c1. The van der Waals surface area contributed by atoms with Gasteiger partial charge in [0.05, 0.1) is 5.69 Å². The van der Waals surface area contributed by atoms with Crippen molar-refractivity contribution >= 4 is 17.5 Å². The molecule has 6 heteroatoms. The van der Waals surface area contributed by atoms with Gasteiger partial charge in [-0.3, -0.25) is 4.79 Å². The number of carbonyl (C=O) groups is 1. The highest BCUT2D eigenvalue weighted by Crippen LogP contribution is 2.26. The lowest BCUT2D eigenvalue weighted by Gasteiger charge is -2.18. The molecule has 0 saturated carbocycles. The first-order valence-corrected chi connectivity index (χ1v) is 8.31. The van der Waals surface area contributed by atoms with E-state index in [1.54, 1.807) is 0 Å². The number of nitrogen functional groups attached to an aromatic ring is 1. The summed E-state index contributed by atoms with van der Waals surface area (Å²) < 4.78 is 0. The number of carbonyl (C=O) groups excluding carboxylic acids is 1. The number of nitrogens with zero attached hydrogens (tertiary/aromatic N) is 3. The highest BCUT2D eigenvalue weighted by Gasteiger charge is 2.23. The number of nitrogens with one attached hydrogen (secondary N) is 1. The predicted octanol–water partition coefficient (Wildman–Crippen LogP) is 2.12. The molecule has 1 aliphatic rings. The van der Waals surface area contributed by atoms with Crippen LogP contribution in [0.5, 0.6) is 0 Å². The second-order valence-corrected chi connectivity index (χ2v) is 6.05. The van der Waals surface area contributed by atoms with E-state index in [1.165, 1.54) is 0 Å². The van der Waals surface area contributed by atoms with Crippen LogP contribution in [0.1, 0.15) is 30.1 Å². The topological polar surface area (TPSA) is 84.1 Å². The third-order valence-corrected chi connectivity index (χ3v) is 4.45. The number of rotatable bonds is 5. The Morgan fingerprint density at radius 3 is 2.92 bits per heavy atom. The van der Waals surface area contributed by atoms with Gasteiger partial charge in [0.25, 0.3) is 0 Å². The molecule has 126 valence electrons. The number of hydrogen-bond donors (Lipinski definition) is 2. The number of aromatic nitrogens is 2. The van der Waals surface area contributed by atoms with Crippen molar-refractivity contribution in [1.29, 1.82) is 0 Å². The van der Waals surface area contributed by atoms with Gasteiger partial charge < -0.3 is 16.0 Å². The van der Waals surface area contributed by atoms with Crippen LogP contribution >= 0.6 is 0 Å². The number of hydrogen-bond acceptors (Lipinski definition) is 6. The van der Waals surface area contributed by atoms with E-state index >= 15 is 0 Å². The number of Topliss-reactive ketones (excluding diaryl/α,β-unsaturated/α-hetero) is 1. The molecule has 1 aliphatic heterocycles. The van der Waals surface area contributed by atoms with Crippen LogP contribution < -0.4 is 16.0 Å². The van der Waals surface area contributed by atoms with Crippen LogP contribution in [-0.4, -0.2) is 41.9 Å². The predicted molar refractivity (Wildman–Crippen MR) is 96.2 cm³/mol. The summed E-state index contributed by atoms with van der Waals surface area (Å²) in [6.45, 7) is 3.71. The van der Waals surface area contributed by atoms with Gasteiger partial charge in [-0.15, -0.1) is 0 Å². The van der Waals surface area contributed by atoms with Crippen LogP contribution in [0, 0.1) is 0 Å². The highest BCUT2D eigenvalue weighted by molar-refractivity contribution is 5.96. The first-order chi connectivity index (χ1) is 11.6. The molecule has 0 radical (unpaired) electrons. The standard InChI is InChI=1S/C18H23N5O/c1-3-16(24)13-6-4-5-12(9-13)15-10-17(22-18(19)21-15)23-8-7-14(11-23)20-2/h4-6,9-10,14,20H,3,7-8,11H2,1-2H3,(H2,19,21,22). The van der Waals surface area contributed by atoms with Crippen molar-refractivity contribution in [2.75, 3.05) is 30.8 Å². The van der Waals surface area contributed by atoms with Crippen LogP contribution in [0.3, 0.4) is 0 Å².